The van der Waals surface area contributed by atoms with Crippen LogP contribution in [0, 0.1) is 6.92 Å². The molecule has 14 heavy (non-hydrogen) atoms. The van der Waals surface area contributed by atoms with E-state index < -0.39 is 0 Å². The lowest BCUT2D eigenvalue weighted by Crippen LogP contribution is -1.98. The summed E-state index contributed by atoms with van der Waals surface area (Å²) in [5, 5.41) is 1.97. The lowest BCUT2D eigenvalue weighted by Gasteiger charge is -2.04. The Labute approximate surface area is 86.4 Å². The van der Waals surface area contributed by atoms with Gasteiger partial charge in [-0.25, -0.2) is 9.97 Å². The molecule has 0 radical (unpaired) electrons. The minimum atomic E-state index is 0.487. The smallest absolute Gasteiger partial charge is 0.216 e. The quantitative estimate of drug-likeness (QED) is 0.773. The number of nitrogens with zero attached hydrogens (tertiary/aromatic N) is 2. The Kier molecular flexibility index (Phi) is 2.74. The first-order chi connectivity index (χ1) is 6.86. The van der Waals surface area contributed by atoms with Gasteiger partial charge in [0.05, 0.1) is 11.2 Å². The molecule has 2 aromatic heterocycles. The summed E-state index contributed by atoms with van der Waals surface area (Å²) in [7, 11) is 0. The van der Waals surface area contributed by atoms with Crippen molar-refractivity contribution in [1.82, 2.24) is 9.97 Å². The van der Waals surface area contributed by atoms with Gasteiger partial charge >= 0.3 is 0 Å². The van der Waals surface area contributed by atoms with E-state index in [1.165, 1.54) is 0 Å². The van der Waals surface area contributed by atoms with Gasteiger partial charge in [-0.05, 0) is 13.0 Å². The first kappa shape index (κ1) is 9.15. The van der Waals surface area contributed by atoms with Crippen molar-refractivity contribution in [3.8, 4) is 5.88 Å². The van der Waals surface area contributed by atoms with Crippen molar-refractivity contribution < 1.29 is 4.74 Å². The Morgan fingerprint density at radius 1 is 1.43 bits per heavy atom. The summed E-state index contributed by atoms with van der Waals surface area (Å²) < 4.78 is 5.51. The molecule has 0 amide bonds. The summed E-state index contributed by atoms with van der Waals surface area (Å²) in [4.78, 5) is 8.26. The Morgan fingerprint density at radius 2 is 2.36 bits per heavy atom. The summed E-state index contributed by atoms with van der Waals surface area (Å²) in [6, 6.07) is 3.87. The molecule has 0 aliphatic heterocycles. The molecule has 0 saturated carbocycles. The van der Waals surface area contributed by atoms with Crippen LogP contribution in [-0.2, 0) is 6.61 Å². The second kappa shape index (κ2) is 4.19. The van der Waals surface area contributed by atoms with E-state index >= 15 is 0 Å². The highest BCUT2D eigenvalue weighted by molar-refractivity contribution is 7.07. The van der Waals surface area contributed by atoms with Crippen LogP contribution in [0.15, 0.2) is 29.2 Å². The summed E-state index contributed by atoms with van der Waals surface area (Å²) in [6.07, 6.45) is 1.73. The average Bonchev–Trinajstić information content (AvgIpc) is 2.69. The minimum Gasteiger partial charge on any atom is -0.471 e. The van der Waals surface area contributed by atoms with Gasteiger partial charge in [-0.15, -0.1) is 11.3 Å². The van der Waals surface area contributed by atoms with Crippen LogP contribution < -0.4 is 4.74 Å². The highest BCUT2D eigenvalue weighted by Crippen LogP contribution is 2.14. The van der Waals surface area contributed by atoms with E-state index in [1.807, 2.05) is 24.4 Å². The largest absolute Gasteiger partial charge is 0.471 e. The van der Waals surface area contributed by atoms with Gasteiger partial charge in [0.15, 0.2) is 0 Å². The van der Waals surface area contributed by atoms with Crippen LogP contribution in [0.25, 0.3) is 0 Å². The second-order valence-electron chi connectivity index (χ2n) is 2.89. The first-order valence-corrected chi connectivity index (χ1v) is 5.22. The van der Waals surface area contributed by atoms with E-state index in [1.54, 1.807) is 23.0 Å². The van der Waals surface area contributed by atoms with Crippen molar-refractivity contribution in [2.45, 2.75) is 13.5 Å². The topological polar surface area (TPSA) is 35.0 Å². The molecule has 3 nitrogen and oxygen atoms in total. The highest BCUT2D eigenvalue weighted by Gasteiger charge is 2.00. The zero-order valence-corrected chi connectivity index (χ0v) is 8.62. The van der Waals surface area contributed by atoms with E-state index in [4.69, 9.17) is 4.74 Å². The lowest BCUT2D eigenvalue weighted by atomic mass is 10.3. The van der Waals surface area contributed by atoms with Gasteiger partial charge in [0, 0.05) is 17.1 Å². The number of thiazole rings is 1. The Hall–Kier alpha value is -1.42. The molecule has 0 aliphatic rings. The van der Waals surface area contributed by atoms with Crippen molar-refractivity contribution in [3.63, 3.8) is 0 Å². The third-order valence-corrected chi connectivity index (χ3v) is 2.44. The predicted molar refractivity (Wildman–Crippen MR) is 55.4 cm³/mol. The summed E-state index contributed by atoms with van der Waals surface area (Å²) in [6.45, 7) is 2.46. The van der Waals surface area contributed by atoms with Crippen LogP contribution >= 0.6 is 11.3 Å². The molecule has 2 aromatic rings. The normalized spacial score (nSPS) is 10.1. The SMILES string of the molecule is Cc1cccnc1OCc1cscn1. The molecular formula is C10H10N2OS. The highest BCUT2D eigenvalue weighted by atomic mass is 32.1. The summed E-state index contributed by atoms with van der Waals surface area (Å²) in [5.41, 5.74) is 3.78. The van der Waals surface area contributed by atoms with Crippen molar-refractivity contribution in [2.75, 3.05) is 0 Å². The zero-order chi connectivity index (χ0) is 9.80. The fraction of sp³-hybridized carbons (Fsp3) is 0.200. The molecule has 4 heteroatoms. The van der Waals surface area contributed by atoms with Crippen LogP contribution in [0.3, 0.4) is 0 Å². The first-order valence-electron chi connectivity index (χ1n) is 4.28. The number of aryl methyl sites for hydroxylation is 1. The minimum absolute atomic E-state index is 0.487. The predicted octanol–water partition coefficient (Wildman–Crippen LogP) is 2.43. The molecule has 72 valence electrons. The fourth-order valence-corrected chi connectivity index (χ4v) is 1.62. The maximum atomic E-state index is 5.51. The molecular weight excluding hydrogens is 196 g/mol. The zero-order valence-electron chi connectivity index (χ0n) is 7.80. The molecule has 0 fully saturated rings. The molecule has 0 unspecified atom stereocenters. The summed E-state index contributed by atoms with van der Waals surface area (Å²) >= 11 is 1.57. The van der Waals surface area contributed by atoms with Crippen LogP contribution in [0.4, 0.5) is 0 Å². The molecule has 0 saturated heterocycles. The second-order valence-corrected chi connectivity index (χ2v) is 3.61. The van der Waals surface area contributed by atoms with Gasteiger partial charge in [-0.1, -0.05) is 6.07 Å². The standard InChI is InChI=1S/C10H10N2OS/c1-8-3-2-4-11-10(8)13-5-9-6-14-7-12-9/h2-4,6-7H,5H2,1H3. The van der Waals surface area contributed by atoms with Gasteiger partial charge in [-0.2, -0.15) is 0 Å². The van der Waals surface area contributed by atoms with E-state index in [0.717, 1.165) is 11.3 Å². The van der Waals surface area contributed by atoms with E-state index in [-0.39, 0.29) is 0 Å². The van der Waals surface area contributed by atoms with E-state index in [0.29, 0.717) is 12.5 Å². The van der Waals surface area contributed by atoms with Crippen LogP contribution in [0.1, 0.15) is 11.3 Å². The number of hydrogen-bond donors (Lipinski definition) is 0. The van der Waals surface area contributed by atoms with Crippen LogP contribution in [-0.4, -0.2) is 9.97 Å². The van der Waals surface area contributed by atoms with Crippen LogP contribution in [0.2, 0.25) is 0 Å². The third-order valence-electron chi connectivity index (χ3n) is 1.80. The molecule has 2 heterocycles. The van der Waals surface area contributed by atoms with Gasteiger partial charge in [0.25, 0.3) is 0 Å². The third kappa shape index (κ3) is 2.09. The maximum Gasteiger partial charge on any atom is 0.216 e. The fourth-order valence-electron chi connectivity index (χ4n) is 1.07. The maximum absolute atomic E-state index is 5.51. The molecule has 0 aliphatic carbocycles. The molecule has 0 atom stereocenters. The van der Waals surface area contributed by atoms with Gasteiger partial charge < -0.3 is 4.74 Å². The Balaban J connectivity index is 2.02. The Bertz CT molecular complexity index is 400. The molecule has 0 aromatic carbocycles. The van der Waals surface area contributed by atoms with E-state index in [9.17, 15) is 0 Å². The van der Waals surface area contributed by atoms with Crippen molar-refractivity contribution in [3.05, 3.63) is 40.5 Å². The van der Waals surface area contributed by atoms with Crippen LogP contribution in [0.5, 0.6) is 5.88 Å². The molecule has 0 N–H and O–H groups in total. The van der Waals surface area contributed by atoms with Crippen molar-refractivity contribution >= 4 is 11.3 Å². The molecule has 0 spiro atoms. The van der Waals surface area contributed by atoms with Gasteiger partial charge in [0.2, 0.25) is 5.88 Å². The number of hydrogen-bond acceptors (Lipinski definition) is 4. The monoisotopic (exact) mass is 206 g/mol. The number of aromatic nitrogens is 2. The van der Waals surface area contributed by atoms with E-state index in [2.05, 4.69) is 9.97 Å². The lowest BCUT2D eigenvalue weighted by molar-refractivity contribution is 0.288. The summed E-state index contributed by atoms with van der Waals surface area (Å²) in [5.74, 6) is 0.681. The number of pyridine rings is 1. The van der Waals surface area contributed by atoms with Gasteiger partial charge in [0.1, 0.15) is 6.61 Å². The number of ether oxygens (including phenoxy) is 1. The Morgan fingerprint density at radius 3 is 3.07 bits per heavy atom. The van der Waals surface area contributed by atoms with Crippen molar-refractivity contribution in [2.24, 2.45) is 0 Å². The molecule has 0 bridgehead atoms. The van der Waals surface area contributed by atoms with Gasteiger partial charge in [-0.3, -0.25) is 0 Å². The van der Waals surface area contributed by atoms with Crippen molar-refractivity contribution in [1.29, 1.82) is 0 Å². The average molecular weight is 206 g/mol. The molecule has 2 rings (SSSR count). The number of rotatable bonds is 3.